The van der Waals surface area contributed by atoms with Crippen molar-refractivity contribution in [2.45, 2.75) is 116 Å². The average molecular weight is 587 g/mol. The third-order valence-corrected chi connectivity index (χ3v) is 13.6. The fraction of sp³-hybridized carbons (Fsp3) is 0.737. The van der Waals surface area contributed by atoms with Gasteiger partial charge in [-0.25, -0.2) is 0 Å². The van der Waals surface area contributed by atoms with Gasteiger partial charge in [0, 0.05) is 44.4 Å². The van der Waals surface area contributed by atoms with Crippen LogP contribution in [0.25, 0.3) is 0 Å². The molecular formula is C38H54N2O3. The molecule has 10 atom stereocenters. The van der Waals surface area contributed by atoms with E-state index < -0.39 is 0 Å². The largest absolute Gasteiger partial charge is 0.369 e. The smallest absolute Gasteiger partial charge is 0.224 e. The third-order valence-electron chi connectivity index (χ3n) is 13.6. The number of nitrogens with zero attached hydrogens (tertiary/aromatic N) is 1. The quantitative estimate of drug-likeness (QED) is 0.388. The molecule has 6 aliphatic rings. The van der Waals surface area contributed by atoms with E-state index in [2.05, 4.69) is 37.9 Å². The molecule has 0 aromatic heterocycles. The van der Waals surface area contributed by atoms with Crippen molar-refractivity contribution in [1.29, 1.82) is 0 Å². The number of ether oxygens (including phenoxy) is 1. The molecule has 0 radical (unpaired) electrons. The summed E-state index contributed by atoms with van der Waals surface area (Å²) < 4.78 is 7.28. The summed E-state index contributed by atoms with van der Waals surface area (Å²) in [6.07, 6.45) is 12.0. The van der Waals surface area contributed by atoms with Gasteiger partial charge in [0.1, 0.15) is 5.78 Å². The Kier molecular flexibility index (Phi) is 7.90. The molecule has 1 spiro atoms. The van der Waals surface area contributed by atoms with Gasteiger partial charge in [-0.15, -0.1) is 0 Å². The van der Waals surface area contributed by atoms with Crippen molar-refractivity contribution in [3.8, 4) is 0 Å². The van der Waals surface area contributed by atoms with E-state index in [1.165, 1.54) is 32.1 Å². The highest BCUT2D eigenvalue weighted by atomic mass is 16.5. The third kappa shape index (κ3) is 5.25. The first-order valence-corrected chi connectivity index (χ1v) is 17.6. The summed E-state index contributed by atoms with van der Waals surface area (Å²) in [6, 6.07) is 10.5. The number of nitrogens with one attached hydrogen (secondary N) is 1. The zero-order valence-corrected chi connectivity index (χ0v) is 27.1. The van der Waals surface area contributed by atoms with Crippen LogP contribution in [0.4, 0.5) is 0 Å². The predicted molar refractivity (Wildman–Crippen MR) is 170 cm³/mol. The molecule has 4 aliphatic carbocycles. The molecule has 2 heterocycles. The molecule has 43 heavy (non-hydrogen) atoms. The van der Waals surface area contributed by atoms with Gasteiger partial charge in [-0.2, -0.15) is 0 Å². The van der Waals surface area contributed by atoms with Gasteiger partial charge >= 0.3 is 0 Å². The zero-order chi connectivity index (χ0) is 29.9. The molecule has 5 heteroatoms. The summed E-state index contributed by atoms with van der Waals surface area (Å²) in [4.78, 5) is 27.7. The van der Waals surface area contributed by atoms with Gasteiger partial charge in [-0.1, -0.05) is 62.2 Å². The fourth-order valence-corrected chi connectivity index (χ4v) is 11.4. The second-order valence-corrected chi connectivity index (χ2v) is 16.0. The van der Waals surface area contributed by atoms with Crippen LogP contribution in [0.5, 0.6) is 0 Å². The van der Waals surface area contributed by atoms with Crippen LogP contribution in [0.3, 0.4) is 0 Å². The predicted octanol–water partition coefficient (Wildman–Crippen LogP) is 6.75. The first-order chi connectivity index (χ1) is 20.7. The fourth-order valence-electron chi connectivity index (χ4n) is 11.4. The number of hydrogen-bond acceptors (Lipinski definition) is 4. The number of Topliss-reactive ketones (excluding diaryl/α,β-unsaturated/α-hetero) is 1. The van der Waals surface area contributed by atoms with Crippen LogP contribution in [-0.2, 0) is 20.7 Å². The van der Waals surface area contributed by atoms with E-state index in [1.807, 2.05) is 30.3 Å². The SMILES string of the molecule is CC1=C2C[C@H]3C(CC[C@@H]4CC(=O)CC[C@@]43C)[C@@H]2CC[C@@]2(C1)O[C@@H]1C[C@H](C)CN(CCNC(=O)Cc3ccccc3)[C@H]1[C@H]2C. The Morgan fingerprint density at radius 3 is 2.72 bits per heavy atom. The van der Waals surface area contributed by atoms with Crippen LogP contribution >= 0.6 is 0 Å². The van der Waals surface area contributed by atoms with Crippen molar-refractivity contribution in [3.05, 3.63) is 47.0 Å². The Hall–Kier alpha value is -1.98. The van der Waals surface area contributed by atoms with Crippen LogP contribution in [0.15, 0.2) is 41.5 Å². The van der Waals surface area contributed by atoms with Gasteiger partial charge < -0.3 is 10.1 Å². The number of carbonyl (C=O) groups is 2. The molecule has 234 valence electrons. The van der Waals surface area contributed by atoms with E-state index in [-0.39, 0.29) is 17.6 Å². The lowest BCUT2D eigenvalue weighted by Crippen LogP contribution is -2.53. The van der Waals surface area contributed by atoms with E-state index in [0.29, 0.717) is 53.9 Å². The normalized spacial score (nSPS) is 42.7. The maximum absolute atomic E-state index is 12.7. The van der Waals surface area contributed by atoms with Gasteiger partial charge in [0.25, 0.3) is 0 Å². The van der Waals surface area contributed by atoms with Gasteiger partial charge in [-0.3, -0.25) is 14.5 Å². The summed E-state index contributed by atoms with van der Waals surface area (Å²) >= 11 is 0. The monoisotopic (exact) mass is 586 g/mol. The van der Waals surface area contributed by atoms with Crippen LogP contribution in [-0.4, -0.2) is 54.0 Å². The maximum atomic E-state index is 12.7. The van der Waals surface area contributed by atoms with Crippen molar-refractivity contribution in [3.63, 3.8) is 0 Å². The number of benzene rings is 1. The number of likely N-dealkylation sites (tertiary alicyclic amines) is 1. The number of carbonyl (C=O) groups excluding carboxylic acids is 2. The second-order valence-electron chi connectivity index (χ2n) is 16.0. The molecule has 7 rings (SSSR count). The summed E-state index contributed by atoms with van der Waals surface area (Å²) in [5.41, 5.74) is 4.76. The first-order valence-electron chi connectivity index (χ1n) is 17.6. The minimum atomic E-state index is -0.0660. The minimum absolute atomic E-state index is 0.0660. The van der Waals surface area contributed by atoms with Crippen LogP contribution in [0, 0.1) is 40.9 Å². The van der Waals surface area contributed by atoms with Crippen molar-refractivity contribution < 1.29 is 14.3 Å². The first kappa shape index (κ1) is 29.7. The van der Waals surface area contributed by atoms with Gasteiger partial charge in [0.15, 0.2) is 0 Å². The lowest BCUT2D eigenvalue weighted by molar-refractivity contribution is -0.130. The number of rotatable bonds is 5. The molecule has 5 nitrogen and oxygen atoms in total. The molecule has 2 aliphatic heterocycles. The summed E-state index contributed by atoms with van der Waals surface area (Å²) in [6.45, 7) is 12.5. The number of piperidine rings is 1. The summed E-state index contributed by atoms with van der Waals surface area (Å²) in [5.74, 6) is 4.59. The lowest BCUT2D eigenvalue weighted by atomic mass is 9.52. The number of allylic oxidation sites excluding steroid dienone is 1. The molecule has 0 bridgehead atoms. The highest BCUT2D eigenvalue weighted by molar-refractivity contribution is 5.79. The van der Waals surface area contributed by atoms with E-state index in [9.17, 15) is 9.59 Å². The van der Waals surface area contributed by atoms with Crippen molar-refractivity contribution >= 4 is 11.7 Å². The van der Waals surface area contributed by atoms with Crippen molar-refractivity contribution in [2.75, 3.05) is 19.6 Å². The van der Waals surface area contributed by atoms with Crippen LogP contribution in [0.2, 0.25) is 0 Å². The molecule has 2 saturated heterocycles. The van der Waals surface area contributed by atoms with Crippen LogP contribution in [0.1, 0.15) is 97.5 Å². The van der Waals surface area contributed by atoms with E-state index >= 15 is 0 Å². The standard InChI is InChI=1S/C38H54N2O3/c1-24-18-34-36(40(23-24)17-16-39-35(42)19-27-8-6-5-7-9-27)26(3)38(43-34)15-13-30-31-11-10-28-20-29(41)12-14-37(28,4)33(31)21-32(30)25(2)22-38/h5-9,24,26,28,30-31,33-34,36H,10-23H2,1-4H3,(H,39,42)/t24-,26+,28+,30-,31?,33-,34+,36-,37-,38-/m0/s1. The average Bonchev–Trinajstić information content (AvgIpc) is 3.44. The molecule has 1 aromatic carbocycles. The molecule has 3 saturated carbocycles. The van der Waals surface area contributed by atoms with E-state index in [0.717, 1.165) is 62.6 Å². The Morgan fingerprint density at radius 1 is 1.09 bits per heavy atom. The molecule has 1 aromatic rings. The zero-order valence-electron chi connectivity index (χ0n) is 27.1. The highest BCUT2D eigenvalue weighted by Gasteiger charge is 2.60. The topological polar surface area (TPSA) is 58.6 Å². The second kappa shape index (κ2) is 11.4. The number of ketones is 1. The summed E-state index contributed by atoms with van der Waals surface area (Å²) in [7, 11) is 0. The van der Waals surface area contributed by atoms with Gasteiger partial charge in [0.2, 0.25) is 5.91 Å². The van der Waals surface area contributed by atoms with Gasteiger partial charge in [0.05, 0.1) is 18.1 Å². The summed E-state index contributed by atoms with van der Waals surface area (Å²) in [5, 5.41) is 3.21. The van der Waals surface area contributed by atoms with Crippen molar-refractivity contribution in [1.82, 2.24) is 10.2 Å². The number of amides is 1. The number of fused-ring (bicyclic) bond motifs is 6. The molecule has 1 N–H and O–H groups in total. The van der Waals surface area contributed by atoms with Crippen molar-refractivity contribution in [2.24, 2.45) is 40.9 Å². The van der Waals surface area contributed by atoms with Gasteiger partial charge in [-0.05, 0) is 98.9 Å². The molecule has 5 fully saturated rings. The van der Waals surface area contributed by atoms with E-state index in [4.69, 9.17) is 4.74 Å². The Labute approximate surface area is 259 Å². The molecule has 1 amide bonds. The van der Waals surface area contributed by atoms with E-state index in [1.54, 1.807) is 11.1 Å². The number of hydrogen-bond donors (Lipinski definition) is 1. The Morgan fingerprint density at radius 2 is 1.91 bits per heavy atom. The minimum Gasteiger partial charge on any atom is -0.369 e. The Balaban J connectivity index is 1.04. The highest BCUT2D eigenvalue weighted by Crippen LogP contribution is 2.65. The maximum Gasteiger partial charge on any atom is 0.224 e. The Bertz CT molecular complexity index is 1260. The molecule has 1 unspecified atom stereocenters. The molecular weight excluding hydrogens is 532 g/mol. The lowest BCUT2D eigenvalue weighted by Gasteiger charge is -2.52. The van der Waals surface area contributed by atoms with Crippen LogP contribution < -0.4 is 5.32 Å².